The zero-order chi connectivity index (χ0) is 16.9. The Morgan fingerprint density at radius 2 is 1.71 bits per heavy atom. The first-order valence-corrected chi connectivity index (χ1v) is 8.77. The van der Waals surface area contributed by atoms with Crippen LogP contribution in [-0.2, 0) is 12.8 Å². The molecule has 3 aromatic rings. The molecular weight excluding hydrogens is 292 g/mol. The van der Waals surface area contributed by atoms with E-state index in [1.54, 1.807) is 0 Å². The third-order valence-electron chi connectivity index (χ3n) is 4.49. The summed E-state index contributed by atoms with van der Waals surface area (Å²) in [5, 5.41) is 4.95. The highest BCUT2D eigenvalue weighted by atomic mass is 15.3. The third-order valence-corrected chi connectivity index (χ3v) is 4.49. The first-order valence-electron chi connectivity index (χ1n) is 8.77. The quantitative estimate of drug-likeness (QED) is 0.581. The maximum atomic E-state index is 4.95. The molecular formula is C22H25N2. The summed E-state index contributed by atoms with van der Waals surface area (Å²) >= 11 is 0. The Bertz CT molecular complexity index is 783. The van der Waals surface area contributed by atoms with Crippen molar-refractivity contribution < 1.29 is 0 Å². The molecule has 0 aliphatic heterocycles. The highest BCUT2D eigenvalue weighted by molar-refractivity contribution is 5.69. The maximum absolute atomic E-state index is 4.95. The molecule has 3 rings (SSSR count). The lowest BCUT2D eigenvalue weighted by Gasteiger charge is -2.07. The van der Waals surface area contributed by atoms with E-state index in [2.05, 4.69) is 80.1 Å². The van der Waals surface area contributed by atoms with Crippen molar-refractivity contribution in [3.05, 3.63) is 78.5 Å². The number of rotatable bonds is 6. The minimum Gasteiger partial charge on any atom is -0.237 e. The van der Waals surface area contributed by atoms with Gasteiger partial charge in [-0.1, -0.05) is 55.8 Å². The number of nitrogens with zero attached hydrogens (tertiary/aromatic N) is 2. The lowest BCUT2D eigenvalue weighted by Crippen LogP contribution is -1.99. The van der Waals surface area contributed by atoms with Crippen molar-refractivity contribution in [2.75, 3.05) is 0 Å². The van der Waals surface area contributed by atoms with Gasteiger partial charge >= 0.3 is 0 Å². The molecule has 2 heteroatoms. The van der Waals surface area contributed by atoms with E-state index >= 15 is 0 Å². The molecule has 0 saturated heterocycles. The molecule has 1 radical (unpaired) electrons. The Labute approximate surface area is 145 Å². The molecule has 0 fully saturated rings. The molecule has 0 amide bonds. The maximum Gasteiger partial charge on any atom is 0.0710 e. The van der Waals surface area contributed by atoms with Crippen LogP contribution in [0.1, 0.15) is 36.7 Å². The van der Waals surface area contributed by atoms with Crippen LogP contribution in [0.5, 0.6) is 0 Å². The molecule has 1 heterocycles. The number of hydrogen-bond acceptors (Lipinski definition) is 1. The molecule has 0 saturated carbocycles. The van der Waals surface area contributed by atoms with Gasteiger partial charge in [0.2, 0.25) is 0 Å². The van der Waals surface area contributed by atoms with Crippen LogP contribution in [0.15, 0.2) is 54.6 Å². The molecule has 0 aliphatic rings. The minimum absolute atomic E-state index is 0.815. The molecule has 2 aromatic carbocycles. The van der Waals surface area contributed by atoms with E-state index in [1.807, 2.05) is 0 Å². The van der Waals surface area contributed by atoms with Crippen LogP contribution in [0, 0.1) is 13.8 Å². The predicted molar refractivity (Wildman–Crippen MR) is 101 cm³/mol. The minimum atomic E-state index is 0.815. The van der Waals surface area contributed by atoms with Gasteiger partial charge in [0.05, 0.1) is 11.4 Å². The van der Waals surface area contributed by atoms with Crippen molar-refractivity contribution in [3.63, 3.8) is 0 Å². The fourth-order valence-electron chi connectivity index (χ4n) is 3.12. The Morgan fingerprint density at radius 3 is 2.33 bits per heavy atom. The lowest BCUT2D eigenvalue weighted by molar-refractivity contribution is 0.748. The molecule has 0 spiro atoms. The first-order chi connectivity index (χ1) is 11.7. The van der Waals surface area contributed by atoms with Crippen LogP contribution >= 0.6 is 0 Å². The van der Waals surface area contributed by atoms with Crippen LogP contribution in [0.3, 0.4) is 0 Å². The van der Waals surface area contributed by atoms with E-state index in [0.29, 0.717) is 0 Å². The van der Waals surface area contributed by atoms with E-state index in [1.165, 1.54) is 34.5 Å². The summed E-state index contributed by atoms with van der Waals surface area (Å²) in [5.74, 6) is 0. The van der Waals surface area contributed by atoms with Crippen molar-refractivity contribution in [3.8, 4) is 16.8 Å². The molecule has 0 N–H and O–H groups in total. The number of aryl methyl sites for hydroxylation is 1. The van der Waals surface area contributed by atoms with Gasteiger partial charge in [-0.25, -0.2) is 4.68 Å². The van der Waals surface area contributed by atoms with Crippen LogP contribution in [0.25, 0.3) is 16.8 Å². The molecule has 24 heavy (non-hydrogen) atoms. The highest BCUT2D eigenvalue weighted by Crippen LogP contribution is 2.30. The lowest BCUT2D eigenvalue weighted by atomic mass is 10.0. The summed E-state index contributed by atoms with van der Waals surface area (Å²) in [6.07, 6.45) is 4.18. The van der Waals surface area contributed by atoms with Gasteiger partial charge in [0.1, 0.15) is 0 Å². The molecule has 0 aliphatic carbocycles. The van der Waals surface area contributed by atoms with Gasteiger partial charge < -0.3 is 0 Å². The Hall–Kier alpha value is -2.35. The molecule has 0 bridgehead atoms. The van der Waals surface area contributed by atoms with Crippen LogP contribution in [0.4, 0.5) is 0 Å². The predicted octanol–water partition coefficient (Wildman–Crippen LogP) is 5.57. The van der Waals surface area contributed by atoms with Gasteiger partial charge in [-0.3, -0.25) is 0 Å². The second-order valence-corrected chi connectivity index (χ2v) is 6.20. The van der Waals surface area contributed by atoms with Crippen molar-refractivity contribution >= 4 is 0 Å². The highest BCUT2D eigenvalue weighted by Gasteiger charge is 2.16. The first kappa shape index (κ1) is 16.5. The monoisotopic (exact) mass is 317 g/mol. The second kappa shape index (κ2) is 7.48. The summed E-state index contributed by atoms with van der Waals surface area (Å²) in [7, 11) is 0. The topological polar surface area (TPSA) is 17.8 Å². The zero-order valence-corrected chi connectivity index (χ0v) is 14.6. The fourth-order valence-corrected chi connectivity index (χ4v) is 3.12. The average molecular weight is 317 g/mol. The Balaban J connectivity index is 2.08. The standard InChI is InChI=1S/C22H25N2/c1-4-6-12-21-22(19-10-8-7-9-11-19)17(3)24(23-21)20-15-13-18(5-2)14-16-20/h7-11,13-16H,2,4-6,12H2,1,3H3. The van der Waals surface area contributed by atoms with Crippen molar-refractivity contribution in [2.45, 2.75) is 39.5 Å². The number of hydrogen-bond donors (Lipinski definition) is 0. The van der Waals surface area contributed by atoms with E-state index in [-0.39, 0.29) is 0 Å². The molecule has 1 aromatic heterocycles. The molecule has 0 unspecified atom stereocenters. The fraction of sp³-hybridized carbons (Fsp3) is 0.273. The normalized spacial score (nSPS) is 11.0. The van der Waals surface area contributed by atoms with Gasteiger partial charge in [-0.2, -0.15) is 5.10 Å². The third kappa shape index (κ3) is 3.28. The van der Waals surface area contributed by atoms with Gasteiger partial charge in [0.25, 0.3) is 0 Å². The van der Waals surface area contributed by atoms with Crippen LogP contribution in [-0.4, -0.2) is 9.78 Å². The van der Waals surface area contributed by atoms with E-state index < -0.39 is 0 Å². The Kier molecular flexibility index (Phi) is 5.14. The summed E-state index contributed by atoms with van der Waals surface area (Å²) in [6.45, 7) is 8.34. The van der Waals surface area contributed by atoms with Crippen LogP contribution in [0.2, 0.25) is 0 Å². The van der Waals surface area contributed by atoms with Gasteiger partial charge in [-0.15, -0.1) is 0 Å². The second-order valence-electron chi connectivity index (χ2n) is 6.20. The van der Waals surface area contributed by atoms with E-state index in [4.69, 9.17) is 5.10 Å². The van der Waals surface area contributed by atoms with Gasteiger partial charge in [0, 0.05) is 11.3 Å². The van der Waals surface area contributed by atoms with E-state index in [0.717, 1.165) is 24.9 Å². The smallest absolute Gasteiger partial charge is 0.0710 e. The van der Waals surface area contributed by atoms with Gasteiger partial charge in [0.15, 0.2) is 0 Å². The van der Waals surface area contributed by atoms with Crippen molar-refractivity contribution in [1.29, 1.82) is 0 Å². The molecule has 2 nitrogen and oxygen atoms in total. The Morgan fingerprint density at radius 1 is 1.00 bits per heavy atom. The largest absolute Gasteiger partial charge is 0.237 e. The molecule has 123 valence electrons. The van der Waals surface area contributed by atoms with Crippen molar-refractivity contribution in [1.82, 2.24) is 9.78 Å². The van der Waals surface area contributed by atoms with Crippen LogP contribution < -0.4 is 0 Å². The molecule has 0 atom stereocenters. The van der Waals surface area contributed by atoms with Gasteiger partial charge in [-0.05, 0) is 56.4 Å². The average Bonchev–Trinajstić information content (AvgIpc) is 2.97. The summed E-state index contributed by atoms with van der Waals surface area (Å²) in [6, 6.07) is 19.2. The number of unbranched alkanes of at least 4 members (excludes halogenated alkanes) is 1. The summed E-state index contributed by atoms with van der Waals surface area (Å²) in [5.41, 5.74) is 7.30. The zero-order valence-electron chi connectivity index (χ0n) is 14.6. The number of aromatic nitrogens is 2. The van der Waals surface area contributed by atoms with Crippen molar-refractivity contribution in [2.24, 2.45) is 0 Å². The summed E-state index contributed by atoms with van der Waals surface area (Å²) in [4.78, 5) is 0. The van der Waals surface area contributed by atoms with E-state index in [9.17, 15) is 0 Å². The SMILES string of the molecule is [CH2]Cc1ccc(-n2nc(CCCC)c(-c3ccccc3)c2C)cc1. The summed E-state index contributed by atoms with van der Waals surface area (Å²) < 4.78 is 2.08. The number of benzene rings is 2.